The highest BCUT2D eigenvalue weighted by atomic mass is 32.2. The highest BCUT2D eigenvalue weighted by molar-refractivity contribution is 8.13. The van der Waals surface area contributed by atoms with E-state index in [4.69, 9.17) is 5.73 Å². The average molecular weight is 161 g/mol. The van der Waals surface area contributed by atoms with Crippen LogP contribution in [0.3, 0.4) is 0 Å². The molecule has 10 heavy (non-hydrogen) atoms. The molecule has 1 atom stereocenters. The molecular weight excluding hydrogens is 146 g/mol. The predicted molar refractivity (Wildman–Crippen MR) is 46.0 cm³/mol. The second kappa shape index (κ2) is 4.74. The van der Waals surface area contributed by atoms with E-state index < -0.39 is 0 Å². The van der Waals surface area contributed by atoms with Crippen molar-refractivity contribution in [2.24, 2.45) is 11.7 Å². The third kappa shape index (κ3) is 3.90. The maximum Gasteiger partial charge on any atom is 0.205 e. The lowest BCUT2D eigenvalue weighted by molar-refractivity contribution is -0.112. The minimum absolute atomic E-state index is 0.0914. The first-order valence-electron chi connectivity index (χ1n) is 3.41. The summed E-state index contributed by atoms with van der Waals surface area (Å²) in [5.41, 5.74) is 5.56. The molecule has 0 aromatic heterocycles. The van der Waals surface area contributed by atoms with Gasteiger partial charge in [-0.1, -0.05) is 25.6 Å². The second-order valence-corrected chi connectivity index (χ2v) is 3.57. The van der Waals surface area contributed by atoms with Gasteiger partial charge in [0, 0.05) is 0 Å². The molecule has 0 fully saturated rings. The third-order valence-electron chi connectivity index (χ3n) is 1.23. The topological polar surface area (TPSA) is 43.1 Å². The molecule has 0 heterocycles. The standard InChI is InChI=1S/C7H15NOS/c1-5(2)4-6(8)7(9)10-3/h5-6H,4,8H2,1-3H3. The lowest BCUT2D eigenvalue weighted by Gasteiger charge is -2.10. The van der Waals surface area contributed by atoms with Crippen LogP contribution in [0.25, 0.3) is 0 Å². The van der Waals surface area contributed by atoms with Crippen LogP contribution in [-0.2, 0) is 4.79 Å². The third-order valence-corrected chi connectivity index (χ3v) is 1.93. The van der Waals surface area contributed by atoms with Crippen LogP contribution in [-0.4, -0.2) is 17.4 Å². The SMILES string of the molecule is CSC(=O)C(N)CC(C)C. The Balaban J connectivity index is 3.61. The van der Waals surface area contributed by atoms with Crippen LogP contribution >= 0.6 is 11.8 Å². The normalized spacial score (nSPS) is 13.7. The van der Waals surface area contributed by atoms with Gasteiger partial charge in [0.1, 0.15) is 0 Å². The molecule has 60 valence electrons. The summed E-state index contributed by atoms with van der Waals surface area (Å²) in [5, 5.41) is 0.0914. The molecule has 0 aromatic carbocycles. The second-order valence-electron chi connectivity index (χ2n) is 2.76. The van der Waals surface area contributed by atoms with E-state index in [0.717, 1.165) is 6.42 Å². The summed E-state index contributed by atoms with van der Waals surface area (Å²) >= 11 is 1.21. The molecule has 0 aromatic rings. The fraction of sp³-hybridized carbons (Fsp3) is 0.857. The van der Waals surface area contributed by atoms with E-state index in [1.165, 1.54) is 11.8 Å². The number of rotatable bonds is 3. The minimum Gasteiger partial charge on any atom is -0.321 e. The van der Waals surface area contributed by atoms with E-state index in [-0.39, 0.29) is 11.2 Å². The van der Waals surface area contributed by atoms with Gasteiger partial charge in [0.05, 0.1) is 6.04 Å². The van der Waals surface area contributed by atoms with Crippen LogP contribution in [0.15, 0.2) is 0 Å². The van der Waals surface area contributed by atoms with Gasteiger partial charge in [0.15, 0.2) is 0 Å². The van der Waals surface area contributed by atoms with Crippen LogP contribution in [0, 0.1) is 5.92 Å². The predicted octanol–water partition coefficient (Wildman–Crippen LogP) is 1.25. The zero-order valence-electron chi connectivity index (χ0n) is 6.76. The molecule has 2 nitrogen and oxygen atoms in total. The summed E-state index contributed by atoms with van der Waals surface area (Å²) in [6.45, 7) is 4.13. The van der Waals surface area contributed by atoms with Gasteiger partial charge in [0.25, 0.3) is 0 Å². The number of hydrogen-bond acceptors (Lipinski definition) is 3. The van der Waals surface area contributed by atoms with Crippen molar-refractivity contribution in [3.05, 3.63) is 0 Å². The van der Waals surface area contributed by atoms with Crippen molar-refractivity contribution in [3.63, 3.8) is 0 Å². The lowest BCUT2D eigenvalue weighted by Crippen LogP contribution is -2.29. The van der Waals surface area contributed by atoms with E-state index in [1.54, 1.807) is 6.26 Å². The molecule has 2 N–H and O–H groups in total. The smallest absolute Gasteiger partial charge is 0.205 e. The Hall–Kier alpha value is -0.0200. The molecule has 0 aliphatic heterocycles. The van der Waals surface area contributed by atoms with Gasteiger partial charge < -0.3 is 5.73 Å². The van der Waals surface area contributed by atoms with Crippen LogP contribution in [0.2, 0.25) is 0 Å². The fourth-order valence-corrected chi connectivity index (χ4v) is 1.15. The Morgan fingerprint density at radius 1 is 1.60 bits per heavy atom. The monoisotopic (exact) mass is 161 g/mol. The summed E-state index contributed by atoms with van der Waals surface area (Å²) in [7, 11) is 0. The van der Waals surface area contributed by atoms with Crippen LogP contribution in [0.1, 0.15) is 20.3 Å². The maximum atomic E-state index is 10.9. The Morgan fingerprint density at radius 3 is 2.40 bits per heavy atom. The van der Waals surface area contributed by atoms with Gasteiger partial charge in [0.2, 0.25) is 5.12 Å². The Labute approximate surface area is 66.6 Å². The van der Waals surface area contributed by atoms with Crippen LogP contribution in [0.4, 0.5) is 0 Å². The largest absolute Gasteiger partial charge is 0.321 e. The molecule has 0 saturated carbocycles. The van der Waals surface area contributed by atoms with Crippen molar-refractivity contribution in [2.75, 3.05) is 6.26 Å². The van der Waals surface area contributed by atoms with E-state index in [1.807, 2.05) is 0 Å². The average Bonchev–Trinajstić information content (AvgIpc) is 1.85. The van der Waals surface area contributed by atoms with E-state index in [9.17, 15) is 4.79 Å². The van der Waals surface area contributed by atoms with Gasteiger partial charge in [-0.05, 0) is 18.6 Å². The van der Waals surface area contributed by atoms with Gasteiger partial charge in [-0.25, -0.2) is 0 Å². The summed E-state index contributed by atoms with van der Waals surface area (Å²) in [6.07, 6.45) is 2.56. The molecular formula is C7H15NOS. The number of carbonyl (C=O) groups excluding carboxylic acids is 1. The van der Waals surface area contributed by atoms with Crippen LogP contribution < -0.4 is 5.73 Å². The Kier molecular flexibility index (Phi) is 4.73. The molecule has 0 aliphatic rings. The van der Waals surface area contributed by atoms with E-state index in [2.05, 4.69) is 13.8 Å². The first-order chi connectivity index (χ1) is 4.57. The number of hydrogen-bond donors (Lipinski definition) is 1. The van der Waals surface area contributed by atoms with Gasteiger partial charge >= 0.3 is 0 Å². The summed E-state index contributed by atoms with van der Waals surface area (Å²) in [5.74, 6) is 0.506. The quantitative estimate of drug-likeness (QED) is 0.677. The molecule has 3 heteroatoms. The number of carbonyl (C=O) groups is 1. The lowest BCUT2D eigenvalue weighted by atomic mass is 10.1. The Morgan fingerprint density at radius 2 is 2.10 bits per heavy atom. The zero-order valence-corrected chi connectivity index (χ0v) is 7.57. The van der Waals surface area contributed by atoms with Gasteiger partial charge in [-0.15, -0.1) is 0 Å². The van der Waals surface area contributed by atoms with Crippen molar-refractivity contribution < 1.29 is 4.79 Å². The van der Waals surface area contributed by atoms with Crippen molar-refractivity contribution in [1.82, 2.24) is 0 Å². The van der Waals surface area contributed by atoms with Gasteiger partial charge in [-0.3, -0.25) is 4.79 Å². The molecule has 0 rings (SSSR count). The first-order valence-corrected chi connectivity index (χ1v) is 4.63. The molecule has 0 aliphatic carbocycles. The zero-order chi connectivity index (χ0) is 8.15. The van der Waals surface area contributed by atoms with Crippen molar-refractivity contribution in [2.45, 2.75) is 26.3 Å². The van der Waals surface area contributed by atoms with Crippen molar-refractivity contribution in [1.29, 1.82) is 0 Å². The van der Waals surface area contributed by atoms with E-state index >= 15 is 0 Å². The number of thioether (sulfide) groups is 1. The van der Waals surface area contributed by atoms with Crippen LogP contribution in [0.5, 0.6) is 0 Å². The Bertz CT molecular complexity index is 114. The summed E-state index contributed by atoms with van der Waals surface area (Å²) in [4.78, 5) is 10.9. The van der Waals surface area contributed by atoms with Gasteiger partial charge in [-0.2, -0.15) is 0 Å². The summed E-state index contributed by atoms with van der Waals surface area (Å²) < 4.78 is 0. The molecule has 0 saturated heterocycles. The molecule has 0 radical (unpaired) electrons. The number of nitrogens with two attached hydrogens (primary N) is 1. The maximum absolute atomic E-state index is 10.9. The summed E-state index contributed by atoms with van der Waals surface area (Å²) in [6, 6.07) is -0.269. The van der Waals surface area contributed by atoms with Crippen molar-refractivity contribution >= 4 is 16.9 Å². The molecule has 0 spiro atoms. The highest BCUT2D eigenvalue weighted by Gasteiger charge is 2.12. The van der Waals surface area contributed by atoms with Crippen molar-refractivity contribution in [3.8, 4) is 0 Å². The highest BCUT2D eigenvalue weighted by Crippen LogP contribution is 2.08. The molecule has 1 unspecified atom stereocenters. The van der Waals surface area contributed by atoms with E-state index in [0.29, 0.717) is 5.92 Å². The minimum atomic E-state index is -0.269. The fourth-order valence-electron chi connectivity index (χ4n) is 0.755. The first kappa shape index (κ1) is 9.98. The molecule has 0 amide bonds. The molecule has 0 bridgehead atoms.